The summed E-state index contributed by atoms with van der Waals surface area (Å²) in [5.41, 5.74) is 0.323. The summed E-state index contributed by atoms with van der Waals surface area (Å²) >= 11 is 0. The van der Waals surface area contributed by atoms with E-state index in [1.807, 2.05) is 6.07 Å². The smallest absolute Gasteiger partial charge is 0.158 e. The molecule has 0 spiro atoms. The topological polar surface area (TPSA) is 73.0 Å². The highest BCUT2D eigenvalue weighted by Crippen LogP contribution is 2.21. The van der Waals surface area contributed by atoms with Crippen LogP contribution >= 0.6 is 0 Å². The van der Waals surface area contributed by atoms with Gasteiger partial charge in [0.2, 0.25) is 0 Å². The molecule has 1 saturated heterocycles. The van der Waals surface area contributed by atoms with Crippen LogP contribution < -0.4 is 4.90 Å². The first-order valence-corrected chi connectivity index (χ1v) is 5.95. The van der Waals surface area contributed by atoms with Crippen molar-refractivity contribution in [2.24, 2.45) is 0 Å². The van der Waals surface area contributed by atoms with E-state index in [1.54, 1.807) is 6.20 Å². The van der Waals surface area contributed by atoms with E-state index in [-0.39, 0.29) is 12.6 Å². The molecule has 1 atom stereocenters. The molecule has 90 valence electrons. The third-order valence-electron chi connectivity index (χ3n) is 3.13. The standard InChI is InChI=1S/C12H16N4O/c13-6-10-7-15-12(8-14-10)16-5-3-1-2-4-11(16)9-17/h7-8,11,17H,1-5,9H2. The Labute approximate surface area is 101 Å². The Balaban J connectivity index is 2.19. The number of nitriles is 1. The van der Waals surface area contributed by atoms with E-state index in [2.05, 4.69) is 14.9 Å². The van der Waals surface area contributed by atoms with E-state index < -0.39 is 0 Å². The van der Waals surface area contributed by atoms with Crippen molar-refractivity contribution >= 4 is 5.82 Å². The minimum Gasteiger partial charge on any atom is -0.394 e. The second-order valence-corrected chi connectivity index (χ2v) is 4.25. The lowest BCUT2D eigenvalue weighted by atomic mass is 10.1. The molecule has 5 nitrogen and oxygen atoms in total. The SMILES string of the molecule is N#Cc1cnc(N2CCCCCC2CO)cn1. The van der Waals surface area contributed by atoms with Gasteiger partial charge in [-0.05, 0) is 12.8 Å². The normalized spacial score (nSPS) is 20.7. The van der Waals surface area contributed by atoms with Crippen LogP contribution in [-0.4, -0.2) is 34.3 Å². The maximum atomic E-state index is 9.41. The zero-order valence-corrected chi connectivity index (χ0v) is 9.71. The summed E-state index contributed by atoms with van der Waals surface area (Å²) < 4.78 is 0. The van der Waals surface area contributed by atoms with Gasteiger partial charge in [-0.15, -0.1) is 0 Å². The van der Waals surface area contributed by atoms with Crippen molar-refractivity contribution < 1.29 is 5.11 Å². The van der Waals surface area contributed by atoms with Crippen molar-refractivity contribution in [1.82, 2.24) is 9.97 Å². The van der Waals surface area contributed by atoms with Gasteiger partial charge in [-0.3, -0.25) is 0 Å². The first kappa shape index (κ1) is 11.8. The Bertz CT molecular complexity index is 398. The Hall–Kier alpha value is -1.67. The van der Waals surface area contributed by atoms with Crippen LogP contribution in [0.25, 0.3) is 0 Å². The molecule has 1 N–H and O–H groups in total. The van der Waals surface area contributed by atoms with Gasteiger partial charge in [0.25, 0.3) is 0 Å². The van der Waals surface area contributed by atoms with Gasteiger partial charge in [-0.2, -0.15) is 5.26 Å². The molecule has 1 aliphatic rings. The zero-order valence-electron chi connectivity index (χ0n) is 9.71. The average Bonchev–Trinajstić information content (AvgIpc) is 2.64. The summed E-state index contributed by atoms with van der Waals surface area (Å²) in [7, 11) is 0. The molecule has 1 aliphatic heterocycles. The quantitative estimate of drug-likeness (QED) is 0.826. The third-order valence-corrected chi connectivity index (χ3v) is 3.13. The van der Waals surface area contributed by atoms with Crippen LogP contribution in [-0.2, 0) is 0 Å². The second-order valence-electron chi connectivity index (χ2n) is 4.25. The highest BCUT2D eigenvalue weighted by Gasteiger charge is 2.21. The first-order valence-electron chi connectivity index (χ1n) is 5.95. The van der Waals surface area contributed by atoms with Crippen molar-refractivity contribution in [1.29, 1.82) is 5.26 Å². The van der Waals surface area contributed by atoms with Crippen LogP contribution in [0.15, 0.2) is 12.4 Å². The van der Waals surface area contributed by atoms with Gasteiger partial charge in [0.05, 0.1) is 25.0 Å². The number of nitrogens with zero attached hydrogens (tertiary/aromatic N) is 4. The highest BCUT2D eigenvalue weighted by molar-refractivity contribution is 5.38. The molecule has 2 rings (SSSR count). The van der Waals surface area contributed by atoms with E-state index in [0.717, 1.165) is 31.6 Å². The van der Waals surface area contributed by atoms with Crippen LogP contribution in [0.2, 0.25) is 0 Å². The van der Waals surface area contributed by atoms with Crippen molar-refractivity contribution in [2.45, 2.75) is 31.7 Å². The van der Waals surface area contributed by atoms with Gasteiger partial charge in [0.15, 0.2) is 5.69 Å². The lowest BCUT2D eigenvalue weighted by Crippen LogP contribution is -2.38. The monoisotopic (exact) mass is 232 g/mol. The molecule has 0 aromatic carbocycles. The maximum Gasteiger partial charge on any atom is 0.158 e. The number of anilines is 1. The molecule has 0 bridgehead atoms. The predicted molar refractivity (Wildman–Crippen MR) is 63.4 cm³/mol. The number of aliphatic hydroxyl groups excluding tert-OH is 1. The average molecular weight is 232 g/mol. The fourth-order valence-electron chi connectivity index (χ4n) is 2.20. The fraction of sp³-hybridized carbons (Fsp3) is 0.583. The van der Waals surface area contributed by atoms with E-state index in [1.165, 1.54) is 12.6 Å². The van der Waals surface area contributed by atoms with Crippen LogP contribution in [0, 0.1) is 11.3 Å². The summed E-state index contributed by atoms with van der Waals surface area (Å²) in [6, 6.07) is 2.08. The minimum atomic E-state index is 0.125. The number of rotatable bonds is 2. The molecule has 1 aromatic rings. The summed E-state index contributed by atoms with van der Waals surface area (Å²) in [6.07, 6.45) is 7.53. The molecule has 1 fully saturated rings. The van der Waals surface area contributed by atoms with Gasteiger partial charge in [0.1, 0.15) is 11.9 Å². The summed E-state index contributed by atoms with van der Waals surface area (Å²) in [5.74, 6) is 0.755. The molecule has 17 heavy (non-hydrogen) atoms. The van der Waals surface area contributed by atoms with Crippen molar-refractivity contribution in [2.75, 3.05) is 18.1 Å². The van der Waals surface area contributed by atoms with Crippen molar-refractivity contribution in [3.8, 4) is 6.07 Å². The molecule has 0 radical (unpaired) electrons. The molecule has 2 heterocycles. The van der Waals surface area contributed by atoms with Crippen molar-refractivity contribution in [3.63, 3.8) is 0 Å². The molecule has 1 aromatic heterocycles. The van der Waals surface area contributed by atoms with E-state index in [9.17, 15) is 5.11 Å². The minimum absolute atomic E-state index is 0.125. The highest BCUT2D eigenvalue weighted by atomic mass is 16.3. The van der Waals surface area contributed by atoms with Gasteiger partial charge >= 0.3 is 0 Å². The second kappa shape index (κ2) is 5.60. The third kappa shape index (κ3) is 2.71. The summed E-state index contributed by atoms with van der Waals surface area (Å²) in [4.78, 5) is 10.4. The van der Waals surface area contributed by atoms with Gasteiger partial charge in [-0.25, -0.2) is 9.97 Å². The Morgan fingerprint density at radius 3 is 2.88 bits per heavy atom. The molecule has 0 amide bonds. The van der Waals surface area contributed by atoms with Crippen LogP contribution in [0.1, 0.15) is 31.4 Å². The van der Waals surface area contributed by atoms with E-state index >= 15 is 0 Å². The lowest BCUT2D eigenvalue weighted by Gasteiger charge is -2.29. The number of aliphatic hydroxyl groups is 1. The van der Waals surface area contributed by atoms with E-state index in [0.29, 0.717) is 5.69 Å². The van der Waals surface area contributed by atoms with Gasteiger partial charge in [0, 0.05) is 6.54 Å². The van der Waals surface area contributed by atoms with Gasteiger partial charge < -0.3 is 10.0 Å². The number of hydrogen-bond acceptors (Lipinski definition) is 5. The first-order chi connectivity index (χ1) is 8.35. The summed E-state index contributed by atoms with van der Waals surface area (Å²) in [6.45, 7) is 1.04. The molecular formula is C12H16N4O. The van der Waals surface area contributed by atoms with E-state index in [4.69, 9.17) is 5.26 Å². The maximum absolute atomic E-state index is 9.41. The van der Waals surface area contributed by atoms with Crippen LogP contribution in [0.3, 0.4) is 0 Å². The van der Waals surface area contributed by atoms with Crippen LogP contribution in [0.4, 0.5) is 5.82 Å². The van der Waals surface area contributed by atoms with Gasteiger partial charge in [-0.1, -0.05) is 12.8 Å². The zero-order chi connectivity index (χ0) is 12.1. The molecule has 0 saturated carbocycles. The summed E-state index contributed by atoms with van der Waals surface area (Å²) in [5, 5.41) is 18.1. The Kier molecular flexibility index (Phi) is 3.89. The number of aromatic nitrogens is 2. The number of hydrogen-bond donors (Lipinski definition) is 1. The van der Waals surface area contributed by atoms with Crippen molar-refractivity contribution in [3.05, 3.63) is 18.1 Å². The van der Waals surface area contributed by atoms with Crippen LogP contribution in [0.5, 0.6) is 0 Å². The largest absolute Gasteiger partial charge is 0.394 e. The Morgan fingerprint density at radius 2 is 2.24 bits per heavy atom. The molecule has 5 heteroatoms. The molecule has 1 unspecified atom stereocenters. The molecular weight excluding hydrogens is 216 g/mol. The fourth-order valence-corrected chi connectivity index (χ4v) is 2.20. The molecule has 0 aliphatic carbocycles. The lowest BCUT2D eigenvalue weighted by molar-refractivity contribution is 0.254. The Morgan fingerprint density at radius 1 is 1.35 bits per heavy atom. The predicted octanol–water partition coefficient (Wildman–Crippen LogP) is 1.09.